The van der Waals surface area contributed by atoms with E-state index in [4.69, 9.17) is 9.84 Å². The summed E-state index contributed by atoms with van der Waals surface area (Å²) in [7, 11) is 1.40. The lowest BCUT2D eigenvalue weighted by Crippen LogP contribution is -2.18. The number of hydrogen-bond donors (Lipinski definition) is 1. The number of carbonyl (C=O) groups is 1. The van der Waals surface area contributed by atoms with Crippen LogP contribution in [0.5, 0.6) is 5.75 Å². The van der Waals surface area contributed by atoms with E-state index in [1.54, 1.807) is 13.0 Å². The number of carboxylic acid groups (broad SMARTS) is 1. The van der Waals surface area contributed by atoms with Crippen LogP contribution >= 0.6 is 0 Å². The monoisotopic (exact) mass is 240 g/mol. The van der Waals surface area contributed by atoms with Crippen LogP contribution < -0.4 is 4.74 Å². The van der Waals surface area contributed by atoms with Crippen molar-refractivity contribution < 1.29 is 19.0 Å². The number of hydrogen-bond acceptors (Lipinski definition) is 2. The first kappa shape index (κ1) is 13.5. The minimum atomic E-state index is -0.868. The average Bonchev–Trinajstić information content (AvgIpc) is 2.30. The second-order valence-electron chi connectivity index (χ2n) is 4.04. The molecule has 0 saturated heterocycles. The molecule has 2 unspecified atom stereocenters. The van der Waals surface area contributed by atoms with E-state index in [1.165, 1.54) is 19.2 Å². The first-order valence-electron chi connectivity index (χ1n) is 5.57. The van der Waals surface area contributed by atoms with Gasteiger partial charge in [-0.3, -0.25) is 4.79 Å². The molecule has 17 heavy (non-hydrogen) atoms. The van der Waals surface area contributed by atoms with Crippen molar-refractivity contribution in [3.63, 3.8) is 0 Å². The molecule has 0 radical (unpaired) electrons. The fourth-order valence-electron chi connectivity index (χ4n) is 1.96. The molecule has 1 rings (SSSR count). The summed E-state index contributed by atoms with van der Waals surface area (Å²) in [6.45, 7) is 3.53. The fourth-order valence-corrected chi connectivity index (χ4v) is 1.96. The topological polar surface area (TPSA) is 46.5 Å². The van der Waals surface area contributed by atoms with Crippen LogP contribution in [0.4, 0.5) is 4.39 Å². The number of aliphatic carboxylic acids is 1. The second-order valence-corrected chi connectivity index (χ2v) is 4.04. The molecular formula is C13H17FO3. The van der Waals surface area contributed by atoms with E-state index in [0.717, 1.165) is 0 Å². The maximum Gasteiger partial charge on any atom is 0.306 e. The number of ether oxygens (including phenoxy) is 1. The van der Waals surface area contributed by atoms with Crippen molar-refractivity contribution in [2.75, 3.05) is 7.11 Å². The number of halogens is 1. The van der Waals surface area contributed by atoms with Crippen LogP contribution in [0, 0.1) is 11.7 Å². The van der Waals surface area contributed by atoms with Gasteiger partial charge in [0.25, 0.3) is 0 Å². The van der Waals surface area contributed by atoms with E-state index in [9.17, 15) is 9.18 Å². The Balaban J connectivity index is 3.04. The van der Waals surface area contributed by atoms with E-state index in [2.05, 4.69) is 0 Å². The van der Waals surface area contributed by atoms with E-state index in [0.29, 0.717) is 12.0 Å². The summed E-state index contributed by atoms with van der Waals surface area (Å²) < 4.78 is 18.4. The maximum atomic E-state index is 13.5. The van der Waals surface area contributed by atoms with Crippen LogP contribution in [-0.4, -0.2) is 18.2 Å². The Morgan fingerprint density at radius 1 is 1.53 bits per heavy atom. The summed E-state index contributed by atoms with van der Waals surface area (Å²) in [4.78, 5) is 11.0. The first-order chi connectivity index (χ1) is 8.01. The third-order valence-electron chi connectivity index (χ3n) is 3.04. The predicted molar refractivity (Wildman–Crippen MR) is 62.8 cm³/mol. The van der Waals surface area contributed by atoms with Crippen LogP contribution in [0.2, 0.25) is 0 Å². The molecule has 0 spiro atoms. The molecule has 1 aromatic rings. The molecule has 0 aliphatic heterocycles. The molecule has 0 heterocycles. The number of benzene rings is 1. The fraction of sp³-hybridized carbons (Fsp3) is 0.462. The molecule has 1 N–H and O–H groups in total. The molecule has 3 nitrogen and oxygen atoms in total. The number of carboxylic acids is 1. The van der Waals surface area contributed by atoms with E-state index in [1.807, 2.05) is 6.92 Å². The second kappa shape index (κ2) is 5.66. The highest BCUT2D eigenvalue weighted by molar-refractivity contribution is 5.71. The minimum absolute atomic E-state index is 0.173. The molecule has 0 fully saturated rings. The van der Waals surface area contributed by atoms with E-state index in [-0.39, 0.29) is 11.7 Å². The van der Waals surface area contributed by atoms with Gasteiger partial charge in [0.2, 0.25) is 0 Å². The maximum absolute atomic E-state index is 13.5. The Hall–Kier alpha value is -1.58. The molecule has 0 amide bonds. The zero-order chi connectivity index (χ0) is 13.0. The van der Waals surface area contributed by atoms with Crippen LogP contribution in [0.25, 0.3) is 0 Å². The molecular weight excluding hydrogens is 223 g/mol. The van der Waals surface area contributed by atoms with Crippen LogP contribution in [0.15, 0.2) is 18.2 Å². The lowest BCUT2D eigenvalue weighted by molar-refractivity contribution is -0.141. The summed E-state index contributed by atoms with van der Waals surface area (Å²) in [5.74, 6) is -1.87. The van der Waals surface area contributed by atoms with Gasteiger partial charge in [0.1, 0.15) is 0 Å². The third-order valence-corrected chi connectivity index (χ3v) is 3.04. The number of methoxy groups -OCH3 is 1. The van der Waals surface area contributed by atoms with Crippen molar-refractivity contribution >= 4 is 5.97 Å². The molecule has 0 saturated carbocycles. The molecule has 4 heteroatoms. The molecule has 0 bridgehead atoms. The molecule has 0 aromatic heterocycles. The molecule has 0 aliphatic carbocycles. The number of rotatable bonds is 5. The van der Waals surface area contributed by atoms with Gasteiger partial charge in [-0.1, -0.05) is 19.9 Å². The van der Waals surface area contributed by atoms with Gasteiger partial charge in [-0.15, -0.1) is 0 Å². The van der Waals surface area contributed by atoms with Crippen molar-refractivity contribution in [1.29, 1.82) is 0 Å². The summed E-state index contributed by atoms with van der Waals surface area (Å²) in [5, 5.41) is 9.00. The third kappa shape index (κ3) is 2.96. The zero-order valence-electron chi connectivity index (χ0n) is 10.2. The van der Waals surface area contributed by atoms with Crippen molar-refractivity contribution in [2.45, 2.75) is 26.2 Å². The molecule has 1 aromatic carbocycles. The first-order valence-corrected chi connectivity index (χ1v) is 5.57. The summed E-state index contributed by atoms with van der Waals surface area (Å²) in [6, 6.07) is 4.60. The van der Waals surface area contributed by atoms with E-state index < -0.39 is 17.7 Å². The SMILES string of the molecule is CCC(c1ccc(OC)c(F)c1)C(C)C(=O)O. The van der Waals surface area contributed by atoms with Gasteiger partial charge >= 0.3 is 5.97 Å². The van der Waals surface area contributed by atoms with Crippen molar-refractivity contribution in [3.8, 4) is 5.75 Å². The summed E-state index contributed by atoms with van der Waals surface area (Å²) >= 11 is 0. The minimum Gasteiger partial charge on any atom is -0.494 e. The Kier molecular flexibility index (Phi) is 4.49. The highest BCUT2D eigenvalue weighted by Gasteiger charge is 2.24. The van der Waals surface area contributed by atoms with Gasteiger partial charge in [-0.25, -0.2) is 4.39 Å². The summed E-state index contributed by atoms with van der Waals surface area (Å²) in [6.07, 6.45) is 0.652. The Morgan fingerprint density at radius 2 is 2.18 bits per heavy atom. The molecule has 2 atom stereocenters. The van der Waals surface area contributed by atoms with Gasteiger partial charge in [0.05, 0.1) is 13.0 Å². The smallest absolute Gasteiger partial charge is 0.306 e. The average molecular weight is 240 g/mol. The van der Waals surface area contributed by atoms with Gasteiger partial charge < -0.3 is 9.84 Å². The van der Waals surface area contributed by atoms with Crippen LogP contribution in [0.3, 0.4) is 0 Å². The largest absolute Gasteiger partial charge is 0.494 e. The van der Waals surface area contributed by atoms with Crippen molar-refractivity contribution in [1.82, 2.24) is 0 Å². The van der Waals surface area contributed by atoms with Gasteiger partial charge in [-0.2, -0.15) is 0 Å². The van der Waals surface area contributed by atoms with Gasteiger partial charge in [0.15, 0.2) is 11.6 Å². The van der Waals surface area contributed by atoms with Gasteiger partial charge in [-0.05, 0) is 30.0 Å². The van der Waals surface area contributed by atoms with Crippen LogP contribution in [0.1, 0.15) is 31.7 Å². The van der Waals surface area contributed by atoms with Crippen molar-refractivity contribution in [2.24, 2.45) is 5.92 Å². The lowest BCUT2D eigenvalue weighted by atomic mass is 9.85. The Bertz CT molecular complexity index is 404. The zero-order valence-corrected chi connectivity index (χ0v) is 10.2. The Morgan fingerprint density at radius 3 is 2.59 bits per heavy atom. The molecule has 0 aliphatic rings. The predicted octanol–water partition coefficient (Wildman–Crippen LogP) is 3.05. The normalized spacial score (nSPS) is 14.1. The molecule has 94 valence electrons. The quantitative estimate of drug-likeness (QED) is 0.860. The lowest BCUT2D eigenvalue weighted by Gasteiger charge is -2.20. The Labute approximate surface area is 100 Å². The standard InChI is InChI=1S/C13H17FO3/c1-4-10(8(2)13(15)16)9-5-6-12(17-3)11(14)7-9/h5-8,10H,4H2,1-3H3,(H,15,16). The highest BCUT2D eigenvalue weighted by Crippen LogP contribution is 2.30. The van der Waals surface area contributed by atoms with Crippen molar-refractivity contribution in [3.05, 3.63) is 29.6 Å². The summed E-state index contributed by atoms with van der Waals surface area (Å²) in [5.41, 5.74) is 0.695. The van der Waals surface area contributed by atoms with Crippen LogP contribution in [-0.2, 0) is 4.79 Å². The van der Waals surface area contributed by atoms with E-state index >= 15 is 0 Å². The van der Waals surface area contributed by atoms with Gasteiger partial charge in [0, 0.05) is 0 Å². The highest BCUT2D eigenvalue weighted by atomic mass is 19.1.